The Labute approximate surface area is 67.8 Å². The first-order valence-electron chi connectivity index (χ1n) is 0. The van der Waals surface area contributed by atoms with Gasteiger partial charge >= 0.3 is 34.1 Å². The molecule has 0 saturated heterocycles. The third kappa shape index (κ3) is 8.95. The molecule has 0 aliphatic rings. The first kappa shape index (κ1) is 36.3. The quantitative estimate of drug-likeness (QED) is 0.510. The second-order valence-electron chi connectivity index (χ2n) is 0. The van der Waals surface area contributed by atoms with E-state index in [1.165, 1.54) is 0 Å². The summed E-state index contributed by atoms with van der Waals surface area (Å²) in [6.45, 7) is 0. The summed E-state index contributed by atoms with van der Waals surface area (Å²) in [7, 11) is 0. The largest absolute Gasteiger partial charge is 2.00 e. The van der Waals surface area contributed by atoms with Crippen LogP contribution in [0.2, 0.25) is 0 Å². The van der Waals surface area contributed by atoms with Gasteiger partial charge in [-0.05, 0) is 0 Å². The maximum Gasteiger partial charge on any atom is 2.00 e. The summed E-state index contributed by atoms with van der Waals surface area (Å²) in [5, 5.41) is 0. The number of rotatable bonds is 0. The SMILES string of the molecule is [Cu+2].[Mn+2].[Se-2].[Se-2]. The smallest absolute Gasteiger partial charge is 2.00 e. The van der Waals surface area contributed by atoms with Crippen LogP contribution in [-0.4, -0.2) is 34.1 Å². The van der Waals surface area contributed by atoms with Gasteiger partial charge in [0, 0.05) is 0 Å². The van der Waals surface area contributed by atoms with Crippen LogP contribution in [0, 0.1) is 0 Å². The average molecular weight is 276 g/mol. The van der Waals surface area contributed by atoms with Gasteiger partial charge in [0.15, 0.2) is 0 Å². The molecule has 0 atom stereocenters. The molecule has 0 saturated carbocycles. The van der Waals surface area contributed by atoms with E-state index in [9.17, 15) is 0 Å². The summed E-state index contributed by atoms with van der Waals surface area (Å²) in [5.41, 5.74) is 0. The fraction of sp³-hybridized carbons (Fsp3) is 0. The minimum absolute atomic E-state index is 0. The maximum absolute atomic E-state index is 0. The summed E-state index contributed by atoms with van der Waals surface area (Å²) in [6.07, 6.45) is 0. The van der Waals surface area contributed by atoms with Gasteiger partial charge in [-0.2, -0.15) is 0 Å². The van der Waals surface area contributed by atoms with E-state index in [-0.39, 0.29) is 68.3 Å². The van der Waals surface area contributed by atoms with Crippen LogP contribution in [0.3, 0.4) is 0 Å². The van der Waals surface area contributed by atoms with E-state index in [1.807, 2.05) is 0 Å². The minimum Gasteiger partial charge on any atom is -2.00 e. The summed E-state index contributed by atoms with van der Waals surface area (Å²) in [4.78, 5) is 0. The summed E-state index contributed by atoms with van der Waals surface area (Å²) < 4.78 is 0. The molecule has 4 heavy (non-hydrogen) atoms. The van der Waals surface area contributed by atoms with E-state index in [0.717, 1.165) is 0 Å². The first-order chi connectivity index (χ1) is 0. The van der Waals surface area contributed by atoms with Crippen molar-refractivity contribution in [2.45, 2.75) is 0 Å². The van der Waals surface area contributed by atoms with Crippen molar-refractivity contribution in [1.29, 1.82) is 0 Å². The molecule has 0 aliphatic carbocycles. The Morgan fingerprint density at radius 2 is 0.750 bits per heavy atom. The molecule has 0 rings (SSSR count). The maximum atomic E-state index is 0. The van der Waals surface area contributed by atoms with E-state index in [2.05, 4.69) is 0 Å². The number of hydrogen-bond acceptors (Lipinski definition) is 0. The van der Waals surface area contributed by atoms with Crippen LogP contribution >= 0.6 is 0 Å². The van der Waals surface area contributed by atoms with Crippen molar-refractivity contribution < 1.29 is 34.1 Å². The second-order valence-corrected chi connectivity index (χ2v) is 0. The Morgan fingerprint density at radius 3 is 0.750 bits per heavy atom. The topological polar surface area (TPSA) is 0 Å². The molecule has 2 radical (unpaired) electrons. The molecule has 0 nitrogen and oxygen atoms in total. The van der Waals surface area contributed by atoms with Crippen molar-refractivity contribution in [1.82, 2.24) is 0 Å². The van der Waals surface area contributed by atoms with Gasteiger partial charge in [0.1, 0.15) is 0 Å². The fourth-order valence-electron chi connectivity index (χ4n) is 0. The van der Waals surface area contributed by atoms with Crippen LogP contribution in [0.4, 0.5) is 0 Å². The fourth-order valence-corrected chi connectivity index (χ4v) is 0. The zero-order valence-electron chi connectivity index (χ0n) is 1.50. The zero-order chi connectivity index (χ0) is 0. The molecule has 0 amide bonds. The molecular weight excluding hydrogens is 276 g/mol. The molecule has 0 aromatic heterocycles. The van der Waals surface area contributed by atoms with Crippen molar-refractivity contribution in [3.63, 3.8) is 0 Å². The Balaban J connectivity index is 0. The van der Waals surface area contributed by atoms with Gasteiger partial charge in [-0.15, -0.1) is 0 Å². The minimum atomic E-state index is 0. The van der Waals surface area contributed by atoms with E-state index in [1.54, 1.807) is 0 Å². The van der Waals surface area contributed by atoms with Gasteiger partial charge in [0.25, 0.3) is 0 Å². The van der Waals surface area contributed by atoms with Crippen molar-refractivity contribution in [2.75, 3.05) is 0 Å². The summed E-state index contributed by atoms with van der Waals surface area (Å²) in [5.74, 6) is 0. The molecular formula is CuMnSe2. The summed E-state index contributed by atoms with van der Waals surface area (Å²) >= 11 is 0. The standard InChI is InChI=1S/Cu.Mn.2Se/q2*+2;2*-2. The zero-order valence-corrected chi connectivity index (χ0v) is 7.04. The van der Waals surface area contributed by atoms with Gasteiger partial charge < -0.3 is 34.1 Å². The molecule has 4 heteroatoms. The van der Waals surface area contributed by atoms with Crippen LogP contribution in [0.15, 0.2) is 0 Å². The van der Waals surface area contributed by atoms with Gasteiger partial charge in [-0.25, -0.2) is 0 Å². The normalized spacial score (nSPS) is 0. The van der Waals surface area contributed by atoms with Crippen molar-refractivity contribution >= 4 is 34.1 Å². The van der Waals surface area contributed by atoms with E-state index >= 15 is 0 Å². The van der Waals surface area contributed by atoms with E-state index in [0.29, 0.717) is 0 Å². The third-order valence-electron chi connectivity index (χ3n) is 0. The van der Waals surface area contributed by atoms with Crippen molar-refractivity contribution in [3.05, 3.63) is 0 Å². The summed E-state index contributed by atoms with van der Waals surface area (Å²) in [6, 6.07) is 0. The van der Waals surface area contributed by atoms with E-state index in [4.69, 9.17) is 0 Å². The molecule has 0 aliphatic heterocycles. The molecule has 0 bridgehead atoms. The predicted molar refractivity (Wildman–Crippen MR) is 11.5 cm³/mol. The Morgan fingerprint density at radius 1 is 0.750 bits per heavy atom. The van der Waals surface area contributed by atoms with Crippen LogP contribution < -0.4 is 0 Å². The predicted octanol–water partition coefficient (Wildman–Crippen LogP) is -0.767. The molecule has 0 aromatic carbocycles. The first-order valence-corrected chi connectivity index (χ1v) is 0. The van der Waals surface area contributed by atoms with Gasteiger partial charge in [-0.1, -0.05) is 0 Å². The third-order valence-corrected chi connectivity index (χ3v) is 0. The second kappa shape index (κ2) is 19.6. The van der Waals surface area contributed by atoms with Crippen molar-refractivity contribution in [2.24, 2.45) is 0 Å². The van der Waals surface area contributed by atoms with Gasteiger partial charge in [0.2, 0.25) is 0 Å². The average Bonchev–Trinajstić information content (AvgIpc) is 0. The van der Waals surface area contributed by atoms with Gasteiger partial charge in [-0.3, -0.25) is 0 Å². The van der Waals surface area contributed by atoms with Gasteiger partial charge in [0.05, 0.1) is 0 Å². The molecule has 0 N–H and O–H groups in total. The van der Waals surface area contributed by atoms with Crippen LogP contribution in [0.1, 0.15) is 0 Å². The monoisotopic (exact) mass is 278 g/mol. The van der Waals surface area contributed by atoms with Crippen LogP contribution in [0.25, 0.3) is 0 Å². The molecule has 0 aromatic rings. The van der Waals surface area contributed by atoms with Crippen LogP contribution in [0.5, 0.6) is 0 Å². The van der Waals surface area contributed by atoms with Crippen LogP contribution in [-0.2, 0) is 34.1 Å². The molecule has 0 heterocycles. The Kier molecular flexibility index (Phi) is 177. The van der Waals surface area contributed by atoms with Crippen molar-refractivity contribution in [3.8, 4) is 0 Å². The molecule has 0 fully saturated rings. The molecule has 30 valence electrons. The Hall–Kier alpha value is 2.08. The van der Waals surface area contributed by atoms with E-state index < -0.39 is 0 Å². The molecule has 0 unspecified atom stereocenters. The molecule has 0 spiro atoms. The Bertz CT molecular complexity index is 6.00. The number of hydrogen-bond donors (Lipinski definition) is 0.